The Balaban J connectivity index is 2.36. The maximum Gasteiger partial charge on any atom is 0.0580 e. The van der Waals surface area contributed by atoms with Crippen molar-refractivity contribution in [1.82, 2.24) is 0 Å². The summed E-state index contributed by atoms with van der Waals surface area (Å²) in [6, 6.07) is 6.54. The number of rotatable bonds is 7. The molecule has 0 amide bonds. The Morgan fingerprint density at radius 3 is 2.24 bits per heavy atom. The van der Waals surface area contributed by atoms with Gasteiger partial charge in [-0.15, -0.1) is 0 Å². The molecule has 1 N–H and O–H groups in total. The Hall–Kier alpha value is -0.820. The molecule has 0 aromatic heterocycles. The predicted octanol–water partition coefficient (Wildman–Crippen LogP) is 4.18. The van der Waals surface area contributed by atoms with Crippen molar-refractivity contribution in [1.29, 1.82) is 0 Å². The molecule has 1 nitrogen and oxygen atoms in total. The van der Waals surface area contributed by atoms with E-state index >= 15 is 0 Å². The Labute approximate surface area is 106 Å². The predicted molar refractivity (Wildman–Crippen MR) is 74.4 cm³/mol. The molecule has 1 heteroatoms. The lowest BCUT2D eigenvalue weighted by atomic mass is 9.99. The second kappa shape index (κ2) is 7.50. The molecule has 0 aliphatic heterocycles. The van der Waals surface area contributed by atoms with Gasteiger partial charge in [0.15, 0.2) is 0 Å². The second-order valence-electron chi connectivity index (χ2n) is 5.20. The van der Waals surface area contributed by atoms with E-state index in [1.54, 1.807) is 0 Å². The van der Waals surface area contributed by atoms with Crippen LogP contribution in [0.1, 0.15) is 55.7 Å². The summed E-state index contributed by atoms with van der Waals surface area (Å²) in [5.41, 5.74) is 3.85. The molecule has 0 bridgehead atoms. The number of unbranched alkanes of at least 4 members (excludes halogenated alkanes) is 3. The smallest absolute Gasteiger partial charge is 0.0580 e. The molecule has 0 radical (unpaired) electrons. The van der Waals surface area contributed by atoms with Crippen LogP contribution in [-0.4, -0.2) is 11.2 Å². The Kier molecular flexibility index (Phi) is 6.28. The van der Waals surface area contributed by atoms with Crippen LogP contribution in [0.4, 0.5) is 0 Å². The number of benzene rings is 1. The second-order valence-corrected chi connectivity index (χ2v) is 5.20. The maximum absolute atomic E-state index is 9.98. The van der Waals surface area contributed by atoms with Gasteiger partial charge in [-0.25, -0.2) is 0 Å². The topological polar surface area (TPSA) is 20.2 Å². The highest BCUT2D eigenvalue weighted by molar-refractivity contribution is 5.28. The molecule has 96 valence electrons. The van der Waals surface area contributed by atoms with Crippen molar-refractivity contribution < 1.29 is 5.11 Å². The van der Waals surface area contributed by atoms with E-state index in [0.29, 0.717) is 0 Å². The number of hydrogen-bond donors (Lipinski definition) is 1. The summed E-state index contributed by atoms with van der Waals surface area (Å²) in [4.78, 5) is 0. The zero-order chi connectivity index (χ0) is 12.7. The Morgan fingerprint density at radius 2 is 1.65 bits per heavy atom. The molecule has 0 fully saturated rings. The van der Waals surface area contributed by atoms with E-state index in [-0.39, 0.29) is 6.10 Å². The summed E-state index contributed by atoms with van der Waals surface area (Å²) < 4.78 is 0. The van der Waals surface area contributed by atoms with Crippen molar-refractivity contribution >= 4 is 0 Å². The maximum atomic E-state index is 9.98. The van der Waals surface area contributed by atoms with Crippen molar-refractivity contribution in [2.24, 2.45) is 0 Å². The summed E-state index contributed by atoms with van der Waals surface area (Å²) in [7, 11) is 0. The van der Waals surface area contributed by atoms with Gasteiger partial charge in [0.1, 0.15) is 0 Å². The van der Waals surface area contributed by atoms with E-state index in [1.165, 1.54) is 36.0 Å². The molecule has 1 atom stereocenters. The van der Waals surface area contributed by atoms with Gasteiger partial charge in [0, 0.05) is 0 Å². The van der Waals surface area contributed by atoms with Crippen LogP contribution >= 0.6 is 0 Å². The van der Waals surface area contributed by atoms with Gasteiger partial charge in [0.05, 0.1) is 6.10 Å². The highest BCUT2D eigenvalue weighted by atomic mass is 16.3. The first-order valence-electron chi connectivity index (χ1n) is 6.87. The molecule has 1 aromatic rings. The lowest BCUT2D eigenvalue weighted by Crippen LogP contribution is -2.10. The van der Waals surface area contributed by atoms with Crippen LogP contribution < -0.4 is 0 Å². The molecule has 0 spiro atoms. The molecule has 1 unspecified atom stereocenters. The summed E-state index contributed by atoms with van der Waals surface area (Å²) in [6.07, 6.45) is 6.51. The molecule has 0 aliphatic rings. The van der Waals surface area contributed by atoms with Crippen LogP contribution in [0.25, 0.3) is 0 Å². The molecule has 1 aromatic carbocycles. The third-order valence-electron chi connectivity index (χ3n) is 3.14. The van der Waals surface area contributed by atoms with Gasteiger partial charge in [-0.3, -0.25) is 0 Å². The van der Waals surface area contributed by atoms with Crippen LogP contribution in [0.2, 0.25) is 0 Å². The molecular formula is C16H26O. The number of aliphatic hydroxyl groups excluding tert-OH is 1. The fourth-order valence-electron chi connectivity index (χ4n) is 2.37. The van der Waals surface area contributed by atoms with Crippen LogP contribution in [0.5, 0.6) is 0 Å². The minimum Gasteiger partial charge on any atom is -0.393 e. The summed E-state index contributed by atoms with van der Waals surface area (Å²) in [5, 5.41) is 9.98. The highest BCUT2D eigenvalue weighted by Gasteiger charge is 2.06. The van der Waals surface area contributed by atoms with Gasteiger partial charge in [-0.1, -0.05) is 61.9 Å². The zero-order valence-corrected chi connectivity index (χ0v) is 11.5. The highest BCUT2D eigenvalue weighted by Crippen LogP contribution is 2.14. The van der Waals surface area contributed by atoms with Crippen LogP contribution in [0, 0.1) is 13.8 Å². The number of aryl methyl sites for hydroxylation is 2. The van der Waals surface area contributed by atoms with Crippen molar-refractivity contribution in [2.75, 3.05) is 0 Å². The third kappa shape index (κ3) is 5.88. The van der Waals surface area contributed by atoms with E-state index in [9.17, 15) is 5.11 Å². The molecule has 0 saturated heterocycles. The van der Waals surface area contributed by atoms with Crippen molar-refractivity contribution in [3.63, 3.8) is 0 Å². The largest absolute Gasteiger partial charge is 0.393 e. The molecule has 17 heavy (non-hydrogen) atoms. The molecule has 1 rings (SSSR count). The number of hydrogen-bond acceptors (Lipinski definition) is 1. The van der Waals surface area contributed by atoms with Crippen molar-refractivity contribution in [2.45, 2.75) is 65.4 Å². The minimum absolute atomic E-state index is 0.173. The van der Waals surface area contributed by atoms with Gasteiger partial charge >= 0.3 is 0 Å². The van der Waals surface area contributed by atoms with Gasteiger partial charge in [-0.05, 0) is 32.3 Å². The first-order chi connectivity index (χ1) is 8.11. The first-order valence-corrected chi connectivity index (χ1v) is 6.87. The summed E-state index contributed by atoms with van der Waals surface area (Å²) in [6.45, 7) is 6.44. The van der Waals surface area contributed by atoms with E-state index in [1.807, 2.05) is 0 Å². The van der Waals surface area contributed by atoms with Crippen molar-refractivity contribution in [3.05, 3.63) is 34.9 Å². The van der Waals surface area contributed by atoms with E-state index in [0.717, 1.165) is 19.3 Å². The monoisotopic (exact) mass is 234 g/mol. The molecule has 0 saturated carbocycles. The quantitative estimate of drug-likeness (QED) is 0.702. The normalized spacial score (nSPS) is 12.7. The average Bonchev–Trinajstić information content (AvgIpc) is 2.23. The number of aliphatic hydroxyl groups is 1. The van der Waals surface area contributed by atoms with Gasteiger partial charge in [0.2, 0.25) is 0 Å². The third-order valence-corrected chi connectivity index (χ3v) is 3.14. The summed E-state index contributed by atoms with van der Waals surface area (Å²) in [5.74, 6) is 0. The van der Waals surface area contributed by atoms with E-state index in [2.05, 4.69) is 39.0 Å². The van der Waals surface area contributed by atoms with Gasteiger partial charge < -0.3 is 5.11 Å². The Morgan fingerprint density at radius 1 is 1.00 bits per heavy atom. The van der Waals surface area contributed by atoms with Gasteiger partial charge in [-0.2, -0.15) is 0 Å². The summed E-state index contributed by atoms with van der Waals surface area (Å²) >= 11 is 0. The fraction of sp³-hybridized carbons (Fsp3) is 0.625. The molecule has 0 aliphatic carbocycles. The van der Waals surface area contributed by atoms with Crippen LogP contribution in [0.15, 0.2) is 18.2 Å². The van der Waals surface area contributed by atoms with Crippen LogP contribution in [0.3, 0.4) is 0 Å². The Bertz CT molecular complexity index is 310. The van der Waals surface area contributed by atoms with Crippen LogP contribution in [-0.2, 0) is 6.42 Å². The molecule has 0 heterocycles. The standard InChI is InChI=1S/C16H26O/c1-4-5-6-7-8-16(17)12-15-10-13(2)9-14(3)11-15/h9-11,16-17H,4-8,12H2,1-3H3. The molecular weight excluding hydrogens is 208 g/mol. The lowest BCUT2D eigenvalue weighted by Gasteiger charge is -2.11. The van der Waals surface area contributed by atoms with E-state index < -0.39 is 0 Å². The fourth-order valence-corrected chi connectivity index (χ4v) is 2.37. The zero-order valence-electron chi connectivity index (χ0n) is 11.5. The van der Waals surface area contributed by atoms with Gasteiger partial charge in [0.25, 0.3) is 0 Å². The first kappa shape index (κ1) is 14.2. The van der Waals surface area contributed by atoms with E-state index in [4.69, 9.17) is 0 Å². The minimum atomic E-state index is -0.173. The average molecular weight is 234 g/mol. The SMILES string of the molecule is CCCCCCC(O)Cc1cc(C)cc(C)c1. The van der Waals surface area contributed by atoms with Crippen molar-refractivity contribution in [3.8, 4) is 0 Å². The lowest BCUT2D eigenvalue weighted by molar-refractivity contribution is 0.161.